The summed E-state index contributed by atoms with van der Waals surface area (Å²) in [4.78, 5) is 22.3. The third-order valence-corrected chi connectivity index (χ3v) is 2.63. The number of benzene rings is 1. The predicted octanol–water partition coefficient (Wildman–Crippen LogP) is 2.13. The molecule has 0 fully saturated rings. The lowest BCUT2D eigenvalue weighted by molar-refractivity contribution is -0.141. The molecule has 1 amide bonds. The van der Waals surface area contributed by atoms with Gasteiger partial charge in [-0.05, 0) is 30.7 Å². The standard InChI is InChI=1S/C13H15F2NO4/c1-8(12(18)19)6-7-16-11(17)9-2-4-10(5-3-9)20-13(14)15/h2-5,8,13H,6-7H2,1H3,(H,16,17)(H,18,19). The van der Waals surface area contributed by atoms with Gasteiger partial charge in [-0.3, -0.25) is 9.59 Å². The Balaban J connectivity index is 2.45. The largest absolute Gasteiger partial charge is 0.481 e. The molecule has 0 aromatic heterocycles. The summed E-state index contributed by atoms with van der Waals surface area (Å²) in [5.74, 6) is -1.90. The Morgan fingerprint density at radius 2 is 1.90 bits per heavy atom. The van der Waals surface area contributed by atoms with Crippen LogP contribution in [0.3, 0.4) is 0 Å². The van der Waals surface area contributed by atoms with Crippen molar-refractivity contribution in [3.63, 3.8) is 0 Å². The van der Waals surface area contributed by atoms with E-state index in [1.165, 1.54) is 24.3 Å². The number of aliphatic carboxylic acids is 1. The first kappa shape index (κ1) is 15.9. The molecule has 0 aliphatic rings. The van der Waals surface area contributed by atoms with E-state index < -0.39 is 24.4 Å². The van der Waals surface area contributed by atoms with E-state index in [4.69, 9.17) is 5.11 Å². The highest BCUT2D eigenvalue weighted by Gasteiger charge is 2.12. The zero-order valence-electron chi connectivity index (χ0n) is 10.8. The van der Waals surface area contributed by atoms with Crippen molar-refractivity contribution in [2.45, 2.75) is 20.0 Å². The number of carboxylic acids is 1. The molecule has 1 atom stereocenters. The number of hydrogen-bond acceptors (Lipinski definition) is 3. The number of ether oxygens (including phenoxy) is 1. The highest BCUT2D eigenvalue weighted by Crippen LogP contribution is 2.14. The molecule has 7 heteroatoms. The minimum atomic E-state index is -2.91. The fourth-order valence-electron chi connectivity index (χ4n) is 1.42. The molecule has 0 aliphatic heterocycles. The molecular formula is C13H15F2NO4. The van der Waals surface area contributed by atoms with E-state index in [1.807, 2.05) is 0 Å². The summed E-state index contributed by atoms with van der Waals surface area (Å²) in [5, 5.41) is 11.2. The van der Waals surface area contributed by atoms with E-state index >= 15 is 0 Å². The van der Waals surface area contributed by atoms with Gasteiger partial charge in [0, 0.05) is 12.1 Å². The number of carboxylic acid groups (broad SMARTS) is 1. The number of hydrogen-bond donors (Lipinski definition) is 2. The lowest BCUT2D eigenvalue weighted by Crippen LogP contribution is -2.27. The van der Waals surface area contributed by atoms with Gasteiger partial charge in [0.05, 0.1) is 5.92 Å². The fraction of sp³-hybridized carbons (Fsp3) is 0.385. The van der Waals surface area contributed by atoms with Gasteiger partial charge in [-0.25, -0.2) is 0 Å². The zero-order valence-corrected chi connectivity index (χ0v) is 10.8. The van der Waals surface area contributed by atoms with E-state index in [-0.39, 0.29) is 17.9 Å². The molecule has 0 radical (unpaired) electrons. The second-order valence-corrected chi connectivity index (χ2v) is 4.19. The Bertz CT molecular complexity index is 462. The number of carbonyl (C=O) groups excluding carboxylic acids is 1. The number of rotatable bonds is 7. The normalized spacial score (nSPS) is 12.0. The summed E-state index contributed by atoms with van der Waals surface area (Å²) in [6.07, 6.45) is 0.313. The highest BCUT2D eigenvalue weighted by molar-refractivity contribution is 5.94. The van der Waals surface area contributed by atoms with Crippen molar-refractivity contribution in [1.29, 1.82) is 0 Å². The third kappa shape index (κ3) is 5.21. The van der Waals surface area contributed by atoms with Crippen LogP contribution in [0.15, 0.2) is 24.3 Å². The van der Waals surface area contributed by atoms with E-state index in [0.29, 0.717) is 6.42 Å². The van der Waals surface area contributed by atoms with E-state index in [9.17, 15) is 18.4 Å². The van der Waals surface area contributed by atoms with Crippen LogP contribution in [0.2, 0.25) is 0 Å². The van der Waals surface area contributed by atoms with Crippen LogP contribution in [0, 0.1) is 5.92 Å². The predicted molar refractivity (Wildman–Crippen MR) is 66.8 cm³/mol. The van der Waals surface area contributed by atoms with Gasteiger partial charge in [-0.15, -0.1) is 0 Å². The molecule has 0 aliphatic carbocycles. The molecule has 0 bridgehead atoms. The molecule has 0 saturated heterocycles. The summed E-state index contributed by atoms with van der Waals surface area (Å²) in [6.45, 7) is -1.14. The smallest absolute Gasteiger partial charge is 0.387 e. The number of nitrogens with one attached hydrogen (secondary N) is 1. The summed E-state index contributed by atoms with van der Waals surface area (Å²) >= 11 is 0. The maximum absolute atomic E-state index is 11.9. The van der Waals surface area contributed by atoms with Crippen molar-refractivity contribution in [3.8, 4) is 5.75 Å². The summed E-state index contributed by atoms with van der Waals surface area (Å²) in [7, 11) is 0. The number of halogens is 2. The second-order valence-electron chi connectivity index (χ2n) is 4.19. The maximum Gasteiger partial charge on any atom is 0.387 e. The quantitative estimate of drug-likeness (QED) is 0.805. The van der Waals surface area contributed by atoms with Gasteiger partial charge in [0.1, 0.15) is 5.75 Å². The van der Waals surface area contributed by atoms with Crippen molar-refractivity contribution in [2.24, 2.45) is 5.92 Å². The van der Waals surface area contributed by atoms with Crippen LogP contribution in [0.4, 0.5) is 8.78 Å². The number of amides is 1. The van der Waals surface area contributed by atoms with Crippen LogP contribution in [0.25, 0.3) is 0 Å². The number of alkyl halides is 2. The first-order valence-electron chi connectivity index (χ1n) is 5.96. The van der Waals surface area contributed by atoms with Crippen LogP contribution in [0.1, 0.15) is 23.7 Å². The molecular weight excluding hydrogens is 272 g/mol. The summed E-state index contributed by atoms with van der Waals surface area (Å²) in [5.41, 5.74) is 0.287. The minimum Gasteiger partial charge on any atom is -0.481 e. The van der Waals surface area contributed by atoms with Crippen molar-refractivity contribution in [2.75, 3.05) is 6.54 Å². The van der Waals surface area contributed by atoms with Gasteiger partial charge in [-0.2, -0.15) is 8.78 Å². The average Bonchev–Trinajstić information content (AvgIpc) is 2.38. The van der Waals surface area contributed by atoms with E-state index in [2.05, 4.69) is 10.1 Å². The Hall–Kier alpha value is -2.18. The average molecular weight is 287 g/mol. The second kappa shape index (κ2) is 7.42. The Kier molecular flexibility index (Phi) is 5.89. The van der Waals surface area contributed by atoms with Gasteiger partial charge in [0.15, 0.2) is 0 Å². The molecule has 0 spiro atoms. The van der Waals surface area contributed by atoms with Gasteiger partial charge >= 0.3 is 12.6 Å². The molecule has 2 N–H and O–H groups in total. The molecule has 0 saturated carbocycles. The topological polar surface area (TPSA) is 75.6 Å². The maximum atomic E-state index is 11.9. The van der Waals surface area contributed by atoms with Crippen molar-refractivity contribution in [1.82, 2.24) is 5.32 Å². The molecule has 1 unspecified atom stereocenters. The molecule has 1 rings (SSSR count). The van der Waals surface area contributed by atoms with E-state index in [0.717, 1.165) is 0 Å². The van der Waals surface area contributed by atoms with Crippen LogP contribution in [-0.4, -0.2) is 30.1 Å². The van der Waals surface area contributed by atoms with Crippen LogP contribution in [-0.2, 0) is 4.79 Å². The summed E-state index contributed by atoms with van der Waals surface area (Å²) < 4.78 is 28.0. The lowest BCUT2D eigenvalue weighted by Gasteiger charge is -2.08. The first-order valence-corrected chi connectivity index (χ1v) is 5.96. The Morgan fingerprint density at radius 3 is 2.40 bits per heavy atom. The SMILES string of the molecule is CC(CCNC(=O)c1ccc(OC(F)F)cc1)C(=O)O. The van der Waals surface area contributed by atoms with Gasteiger partial charge in [0.2, 0.25) is 0 Å². The van der Waals surface area contributed by atoms with Crippen molar-refractivity contribution in [3.05, 3.63) is 29.8 Å². The van der Waals surface area contributed by atoms with Gasteiger partial charge < -0.3 is 15.2 Å². The highest BCUT2D eigenvalue weighted by atomic mass is 19.3. The lowest BCUT2D eigenvalue weighted by atomic mass is 10.1. The molecule has 5 nitrogen and oxygen atoms in total. The molecule has 110 valence electrons. The Morgan fingerprint density at radius 1 is 1.30 bits per heavy atom. The molecule has 1 aromatic carbocycles. The molecule has 1 aromatic rings. The van der Waals surface area contributed by atoms with Crippen molar-refractivity contribution >= 4 is 11.9 Å². The zero-order chi connectivity index (χ0) is 15.1. The monoisotopic (exact) mass is 287 g/mol. The fourth-order valence-corrected chi connectivity index (χ4v) is 1.42. The van der Waals surface area contributed by atoms with Crippen LogP contribution < -0.4 is 10.1 Å². The van der Waals surface area contributed by atoms with Crippen molar-refractivity contribution < 1.29 is 28.2 Å². The minimum absolute atomic E-state index is 0.0314. The van der Waals surface area contributed by atoms with E-state index in [1.54, 1.807) is 6.92 Å². The summed E-state index contributed by atoms with van der Waals surface area (Å²) in [6, 6.07) is 5.24. The van der Waals surface area contributed by atoms with Gasteiger partial charge in [0.25, 0.3) is 5.91 Å². The molecule has 0 heterocycles. The van der Waals surface area contributed by atoms with Gasteiger partial charge in [-0.1, -0.05) is 6.92 Å². The molecule has 20 heavy (non-hydrogen) atoms. The first-order chi connectivity index (χ1) is 9.40. The number of carbonyl (C=O) groups is 2. The van der Waals surface area contributed by atoms with Crippen LogP contribution >= 0.6 is 0 Å². The van der Waals surface area contributed by atoms with Crippen LogP contribution in [0.5, 0.6) is 5.75 Å². The third-order valence-electron chi connectivity index (χ3n) is 2.63. The Labute approximate surface area is 114 Å².